The average molecular weight is 736 g/mol. The van der Waals surface area contributed by atoms with Gasteiger partial charge >= 0.3 is 0 Å². The Bertz CT molecular complexity index is 2050. The number of aromatic hydroxyl groups is 1. The maximum absolute atomic E-state index is 11.5. The van der Waals surface area contributed by atoms with Gasteiger partial charge in [0, 0.05) is 24.6 Å². The highest BCUT2D eigenvalue weighted by atomic mass is 35.5. The Labute approximate surface area is 301 Å². The Morgan fingerprint density at radius 3 is 2.28 bits per heavy atom. The molecule has 50 heavy (non-hydrogen) atoms. The number of fused-ring (bicyclic) bond motifs is 1. The summed E-state index contributed by atoms with van der Waals surface area (Å²) in [7, 11) is -5.98. The minimum absolute atomic E-state index is 0.0390. The van der Waals surface area contributed by atoms with E-state index in [0.29, 0.717) is 60.1 Å². The Hall–Kier alpha value is -3.90. The molecule has 0 radical (unpaired) electrons. The molecular weight excluding hydrogens is 690 g/mol. The highest BCUT2D eigenvalue weighted by Gasteiger charge is 2.39. The fraction of sp³-hybridized carbons (Fsp3) is 0.368. The van der Waals surface area contributed by atoms with Crippen molar-refractivity contribution in [3.05, 3.63) is 107 Å². The molecule has 0 saturated heterocycles. The van der Waals surface area contributed by atoms with E-state index in [1.54, 1.807) is 4.40 Å². The molecule has 2 heterocycles. The maximum Gasteiger partial charge on any atom is 0.264 e. The van der Waals surface area contributed by atoms with Crippen LogP contribution in [0.3, 0.4) is 0 Å². The van der Waals surface area contributed by atoms with Gasteiger partial charge in [0.1, 0.15) is 17.2 Å². The number of ether oxygens (including phenoxy) is 1. The summed E-state index contributed by atoms with van der Waals surface area (Å²) in [5.74, 6) is 1.16. The van der Waals surface area contributed by atoms with Gasteiger partial charge in [-0.2, -0.15) is 8.42 Å². The van der Waals surface area contributed by atoms with Crippen LogP contribution in [-0.4, -0.2) is 53.1 Å². The molecule has 12 heteroatoms. The minimum Gasteiger partial charge on any atom is -0.543 e. The highest BCUT2D eigenvalue weighted by Crippen LogP contribution is 2.38. The van der Waals surface area contributed by atoms with Gasteiger partial charge in [-0.1, -0.05) is 93.7 Å². The van der Waals surface area contributed by atoms with Gasteiger partial charge in [0.15, 0.2) is 5.65 Å². The minimum atomic E-state index is -3.92. The van der Waals surface area contributed by atoms with Gasteiger partial charge < -0.3 is 14.3 Å². The zero-order chi connectivity index (χ0) is 36.1. The summed E-state index contributed by atoms with van der Waals surface area (Å²) in [5, 5.41) is 12.0. The number of hydrogen-bond acceptors (Lipinski definition) is 7. The van der Waals surface area contributed by atoms with Crippen molar-refractivity contribution in [2.45, 2.75) is 77.4 Å². The Kier molecular flexibility index (Phi) is 11.6. The predicted molar refractivity (Wildman–Crippen MR) is 202 cm³/mol. The molecule has 266 valence electrons. The van der Waals surface area contributed by atoms with Gasteiger partial charge in [0.05, 0.1) is 28.8 Å². The number of rotatable bonds is 15. The fourth-order valence-electron chi connectivity index (χ4n) is 5.36. The summed E-state index contributed by atoms with van der Waals surface area (Å²) in [6.07, 6.45) is 5.30. The Balaban J connectivity index is 1.38. The third kappa shape index (κ3) is 9.66. The van der Waals surface area contributed by atoms with Crippen LogP contribution in [0.5, 0.6) is 17.4 Å². The predicted octanol–water partition coefficient (Wildman–Crippen LogP) is 9.15. The van der Waals surface area contributed by atoms with Gasteiger partial charge in [0.2, 0.25) is 14.2 Å². The fourth-order valence-corrected chi connectivity index (χ4v) is 7.21. The van der Waals surface area contributed by atoms with Crippen LogP contribution in [0.4, 0.5) is 0 Å². The second-order valence-corrected chi connectivity index (χ2v) is 20.9. The van der Waals surface area contributed by atoms with Crippen molar-refractivity contribution in [3.8, 4) is 28.6 Å². The SMILES string of the molecule is CC(C)(C)[Si](C)(C)Oc1cccc(-c2cn3c(O)c(Cc4ccc(OCCCCCCS(=O)(=O)O)c(Cl)c4)nc3c(Cc3ccccc3)n2)c1. The van der Waals surface area contributed by atoms with Crippen LogP contribution >= 0.6 is 11.6 Å². The lowest BCUT2D eigenvalue weighted by atomic mass is 10.1. The average Bonchev–Trinajstić information content (AvgIpc) is 3.35. The Morgan fingerprint density at radius 1 is 0.860 bits per heavy atom. The van der Waals surface area contributed by atoms with Crippen LogP contribution in [0.15, 0.2) is 79.0 Å². The molecule has 2 N–H and O–H groups in total. The number of nitrogens with zero attached hydrogens (tertiary/aromatic N) is 3. The van der Waals surface area contributed by atoms with Crippen molar-refractivity contribution in [3.63, 3.8) is 0 Å². The molecule has 0 aliphatic carbocycles. The van der Waals surface area contributed by atoms with Gasteiger partial charge in [-0.15, -0.1) is 0 Å². The molecular formula is C38H46ClN3O6SSi. The van der Waals surface area contributed by atoms with E-state index in [1.807, 2.05) is 66.9 Å². The summed E-state index contributed by atoms with van der Waals surface area (Å²) in [5.41, 5.74) is 5.35. The first kappa shape index (κ1) is 37.4. The molecule has 0 fully saturated rings. The van der Waals surface area contributed by atoms with Crippen LogP contribution < -0.4 is 9.16 Å². The van der Waals surface area contributed by atoms with Gasteiger partial charge in [-0.3, -0.25) is 8.95 Å². The molecule has 0 unspecified atom stereocenters. The zero-order valence-corrected chi connectivity index (χ0v) is 31.9. The van der Waals surface area contributed by atoms with E-state index in [9.17, 15) is 13.5 Å². The monoisotopic (exact) mass is 735 g/mol. The van der Waals surface area contributed by atoms with Crippen molar-refractivity contribution < 1.29 is 27.2 Å². The van der Waals surface area contributed by atoms with E-state index in [0.717, 1.165) is 41.0 Å². The van der Waals surface area contributed by atoms with Crippen molar-refractivity contribution in [1.29, 1.82) is 0 Å². The number of hydrogen-bond donors (Lipinski definition) is 2. The first-order chi connectivity index (χ1) is 23.6. The molecule has 0 aliphatic heterocycles. The topological polar surface area (TPSA) is 123 Å². The lowest BCUT2D eigenvalue weighted by Crippen LogP contribution is -2.43. The quantitative estimate of drug-likeness (QED) is 0.0620. The number of benzene rings is 3. The van der Waals surface area contributed by atoms with Crippen molar-refractivity contribution in [2.24, 2.45) is 0 Å². The molecule has 3 aromatic carbocycles. The van der Waals surface area contributed by atoms with Gasteiger partial charge in [-0.25, -0.2) is 9.97 Å². The summed E-state index contributed by atoms with van der Waals surface area (Å²) in [6, 6.07) is 23.6. The van der Waals surface area contributed by atoms with Crippen molar-refractivity contribution in [2.75, 3.05) is 12.4 Å². The standard InChI is InChI=1S/C38H46ClN3O6SSi/c1-38(2,3)50(4,5)48-30-17-13-16-29(25-30)34-26-42-36(32(40-34)23-27-14-9-8-10-15-27)41-33(37(42)43)24-28-18-19-35(31(39)22-28)47-20-11-6-7-12-21-49(44,45)46/h8-10,13-19,22,25-26,43H,6-7,11-12,20-21,23-24H2,1-5H3,(H,44,45,46). The normalized spacial score (nSPS) is 12.4. The molecule has 9 nitrogen and oxygen atoms in total. The van der Waals surface area contributed by atoms with E-state index < -0.39 is 18.4 Å². The van der Waals surface area contributed by atoms with Crippen LogP contribution in [0.2, 0.25) is 23.2 Å². The molecule has 5 rings (SSSR count). The van der Waals surface area contributed by atoms with E-state index >= 15 is 0 Å². The van der Waals surface area contributed by atoms with E-state index in [2.05, 4.69) is 46.0 Å². The van der Waals surface area contributed by atoms with Crippen molar-refractivity contribution >= 4 is 35.7 Å². The molecule has 0 atom stereocenters. The summed E-state index contributed by atoms with van der Waals surface area (Å²) in [6.45, 7) is 11.5. The van der Waals surface area contributed by atoms with Crippen LogP contribution in [0, 0.1) is 0 Å². The third-order valence-electron chi connectivity index (χ3n) is 9.17. The van der Waals surface area contributed by atoms with Crippen LogP contribution in [0.25, 0.3) is 16.9 Å². The molecule has 2 aromatic heterocycles. The second-order valence-electron chi connectivity index (χ2n) is 14.2. The summed E-state index contributed by atoms with van der Waals surface area (Å²) < 4.78 is 44.7. The lowest BCUT2D eigenvalue weighted by Gasteiger charge is -2.36. The van der Waals surface area contributed by atoms with Crippen molar-refractivity contribution in [1.82, 2.24) is 14.4 Å². The second kappa shape index (κ2) is 15.5. The van der Waals surface area contributed by atoms with Gasteiger partial charge in [-0.05, 0) is 66.4 Å². The van der Waals surface area contributed by atoms with Crippen LogP contribution in [-0.2, 0) is 23.0 Å². The van der Waals surface area contributed by atoms with E-state index in [1.165, 1.54) is 0 Å². The number of imidazole rings is 1. The number of unbranched alkanes of at least 4 members (excludes halogenated alkanes) is 3. The van der Waals surface area contributed by atoms with E-state index in [4.69, 9.17) is 35.3 Å². The van der Waals surface area contributed by atoms with Crippen LogP contribution in [0.1, 0.15) is 69.0 Å². The molecule has 0 amide bonds. The zero-order valence-electron chi connectivity index (χ0n) is 29.3. The summed E-state index contributed by atoms with van der Waals surface area (Å²) in [4.78, 5) is 9.98. The molecule has 0 bridgehead atoms. The van der Waals surface area contributed by atoms with Gasteiger partial charge in [0.25, 0.3) is 10.1 Å². The molecule has 5 aromatic rings. The number of aromatic nitrogens is 3. The Morgan fingerprint density at radius 2 is 1.58 bits per heavy atom. The highest BCUT2D eigenvalue weighted by molar-refractivity contribution is 7.85. The molecule has 0 spiro atoms. The third-order valence-corrected chi connectivity index (χ3v) is 14.6. The summed E-state index contributed by atoms with van der Waals surface area (Å²) >= 11 is 6.58. The first-order valence-corrected chi connectivity index (χ1v) is 21.8. The van der Waals surface area contributed by atoms with E-state index in [-0.39, 0.29) is 16.7 Å². The smallest absolute Gasteiger partial charge is 0.264 e. The maximum atomic E-state index is 11.5. The molecule has 0 aliphatic rings. The lowest BCUT2D eigenvalue weighted by molar-refractivity contribution is 0.305. The largest absolute Gasteiger partial charge is 0.543 e. The molecule has 0 saturated carbocycles. The first-order valence-electron chi connectivity index (χ1n) is 16.9. The number of halogens is 1.